The number of amides is 2. The number of nitrogens with zero attached hydrogens (tertiary/aromatic N) is 1. The molecule has 1 N–H and O–H groups in total. The van der Waals surface area contributed by atoms with Crippen molar-refractivity contribution in [1.29, 1.82) is 0 Å². The lowest BCUT2D eigenvalue weighted by Gasteiger charge is -2.40. The molecule has 2 aliphatic rings. The lowest BCUT2D eigenvalue weighted by atomic mass is 9.62. The van der Waals surface area contributed by atoms with Crippen LogP contribution in [0.1, 0.15) is 49.1 Å². The fourth-order valence-corrected chi connectivity index (χ4v) is 5.97. The first kappa shape index (κ1) is 24.9. The van der Waals surface area contributed by atoms with Crippen LogP contribution in [-0.4, -0.2) is 22.7 Å². The molecule has 0 saturated carbocycles. The van der Waals surface area contributed by atoms with E-state index in [4.69, 9.17) is 4.74 Å². The molecule has 3 aromatic carbocycles. The zero-order valence-electron chi connectivity index (χ0n) is 20.0. The summed E-state index contributed by atoms with van der Waals surface area (Å²) >= 11 is 7.07. The molecule has 0 saturated heterocycles. The van der Waals surface area contributed by atoms with Crippen molar-refractivity contribution in [1.82, 2.24) is 0 Å². The van der Waals surface area contributed by atoms with E-state index < -0.39 is 35.0 Å². The van der Waals surface area contributed by atoms with E-state index in [-0.39, 0.29) is 0 Å². The van der Waals surface area contributed by atoms with Gasteiger partial charge < -0.3 is 9.84 Å². The second-order valence-electron chi connectivity index (χ2n) is 10.0. The number of carbonyl (C=O) groups excluding carboxylic acids is 2. The summed E-state index contributed by atoms with van der Waals surface area (Å²) in [4.78, 5) is 29.1. The zero-order chi connectivity index (χ0) is 25.8. The molecule has 0 spiro atoms. The summed E-state index contributed by atoms with van der Waals surface area (Å²) in [5.41, 5.74) is 1.24. The standard InChI is InChI=1S/C29H25Br2NO4/c1-28(2,3)36-27(35)32-24-12-8-7-11-20(24)29(26(32)34,18-9-5-4-6-10-18)21-14-13-17-15-22(30)23(31)16-19(17)25(21)33/h4-16,21,25,33H,1-3H3. The Kier molecular flexibility index (Phi) is 6.22. The summed E-state index contributed by atoms with van der Waals surface area (Å²) < 4.78 is 7.32. The van der Waals surface area contributed by atoms with Gasteiger partial charge in [0.15, 0.2) is 0 Å². The fourth-order valence-electron chi connectivity index (χ4n) is 5.25. The summed E-state index contributed by atoms with van der Waals surface area (Å²) in [6.45, 7) is 5.30. The highest BCUT2D eigenvalue weighted by Crippen LogP contribution is 2.56. The number of halogens is 2. The van der Waals surface area contributed by atoms with Crippen LogP contribution in [-0.2, 0) is 14.9 Å². The second-order valence-corrected chi connectivity index (χ2v) is 11.7. The van der Waals surface area contributed by atoms with Gasteiger partial charge in [-0.15, -0.1) is 0 Å². The van der Waals surface area contributed by atoms with Crippen LogP contribution in [0.15, 0.2) is 81.8 Å². The van der Waals surface area contributed by atoms with Crippen LogP contribution in [0.4, 0.5) is 10.5 Å². The SMILES string of the molecule is CC(C)(C)OC(=O)N1C(=O)C(c2ccccc2)(C2C=Cc3cc(Br)c(Br)cc3C2O)c2ccccc21. The number of hydrogen-bond acceptors (Lipinski definition) is 4. The monoisotopic (exact) mass is 609 g/mol. The van der Waals surface area contributed by atoms with Gasteiger partial charge in [-0.1, -0.05) is 60.7 Å². The molecule has 3 atom stereocenters. The number of rotatable bonds is 2. The Bertz CT molecular complexity index is 1400. The smallest absolute Gasteiger partial charge is 0.421 e. The molecule has 1 aliphatic carbocycles. The third-order valence-electron chi connectivity index (χ3n) is 6.68. The van der Waals surface area contributed by atoms with Crippen molar-refractivity contribution in [2.75, 3.05) is 4.90 Å². The van der Waals surface area contributed by atoms with Crippen LogP contribution in [0.3, 0.4) is 0 Å². The van der Waals surface area contributed by atoms with E-state index in [1.807, 2.05) is 66.7 Å². The summed E-state index contributed by atoms with van der Waals surface area (Å²) in [5, 5.41) is 11.8. The van der Waals surface area contributed by atoms with Crippen molar-refractivity contribution in [3.05, 3.63) is 104 Å². The minimum Gasteiger partial charge on any atom is -0.443 e. The van der Waals surface area contributed by atoms with Crippen LogP contribution in [0, 0.1) is 5.92 Å². The third kappa shape index (κ3) is 3.85. The van der Waals surface area contributed by atoms with E-state index in [1.165, 1.54) is 0 Å². The van der Waals surface area contributed by atoms with Crippen molar-refractivity contribution in [3.63, 3.8) is 0 Å². The van der Waals surface area contributed by atoms with Crippen molar-refractivity contribution < 1.29 is 19.4 Å². The van der Waals surface area contributed by atoms with E-state index in [9.17, 15) is 14.7 Å². The number of hydrogen-bond donors (Lipinski definition) is 1. The van der Waals surface area contributed by atoms with E-state index in [1.54, 1.807) is 32.9 Å². The summed E-state index contributed by atoms with van der Waals surface area (Å²) in [7, 11) is 0. The maximum absolute atomic E-state index is 14.6. The largest absolute Gasteiger partial charge is 0.443 e. The van der Waals surface area contributed by atoms with E-state index >= 15 is 0 Å². The van der Waals surface area contributed by atoms with Crippen LogP contribution in [0.2, 0.25) is 0 Å². The third-order valence-corrected chi connectivity index (χ3v) is 8.53. The molecule has 2 amide bonds. The highest BCUT2D eigenvalue weighted by molar-refractivity contribution is 9.13. The van der Waals surface area contributed by atoms with Crippen LogP contribution >= 0.6 is 31.9 Å². The number of imide groups is 1. The van der Waals surface area contributed by atoms with Gasteiger partial charge >= 0.3 is 6.09 Å². The van der Waals surface area contributed by atoms with Crippen molar-refractivity contribution in [2.24, 2.45) is 5.92 Å². The maximum atomic E-state index is 14.6. The van der Waals surface area contributed by atoms with Crippen molar-refractivity contribution in [2.45, 2.75) is 37.9 Å². The molecule has 7 heteroatoms. The van der Waals surface area contributed by atoms with Gasteiger partial charge in [0.05, 0.1) is 11.8 Å². The van der Waals surface area contributed by atoms with E-state index in [0.29, 0.717) is 22.4 Å². The molecule has 184 valence electrons. The summed E-state index contributed by atoms with van der Waals surface area (Å²) in [6, 6.07) is 20.4. The number of aliphatic hydroxyl groups excluding tert-OH is 1. The molecule has 5 rings (SSSR count). The first-order valence-electron chi connectivity index (χ1n) is 11.6. The lowest BCUT2D eigenvalue weighted by Crippen LogP contribution is -2.50. The molecule has 0 bridgehead atoms. The van der Waals surface area contributed by atoms with Crippen LogP contribution in [0.5, 0.6) is 0 Å². The molecule has 3 unspecified atom stereocenters. The first-order valence-corrected chi connectivity index (χ1v) is 13.2. The molecule has 5 nitrogen and oxygen atoms in total. The number of aliphatic hydroxyl groups is 1. The van der Waals surface area contributed by atoms with Gasteiger partial charge in [0.2, 0.25) is 0 Å². The number of anilines is 1. The summed E-state index contributed by atoms with van der Waals surface area (Å²) in [6.07, 6.45) is 2.07. The molecule has 0 aromatic heterocycles. The van der Waals surface area contributed by atoms with E-state index in [2.05, 4.69) is 31.9 Å². The van der Waals surface area contributed by atoms with Gasteiger partial charge in [-0.25, -0.2) is 9.69 Å². The van der Waals surface area contributed by atoms with Crippen LogP contribution in [0.25, 0.3) is 6.08 Å². The first-order chi connectivity index (χ1) is 17.1. The van der Waals surface area contributed by atoms with Crippen molar-refractivity contribution >= 4 is 55.6 Å². The predicted molar refractivity (Wildman–Crippen MR) is 147 cm³/mol. The van der Waals surface area contributed by atoms with Gasteiger partial charge in [-0.3, -0.25) is 4.79 Å². The Balaban J connectivity index is 1.75. The van der Waals surface area contributed by atoms with E-state index in [0.717, 1.165) is 19.4 Å². The molecule has 3 aromatic rings. The van der Waals surface area contributed by atoms with Crippen molar-refractivity contribution in [3.8, 4) is 0 Å². The molecule has 1 aliphatic heterocycles. The molecule has 0 fully saturated rings. The Hall–Kier alpha value is -2.74. The predicted octanol–water partition coefficient (Wildman–Crippen LogP) is 7.16. The molecular weight excluding hydrogens is 586 g/mol. The van der Waals surface area contributed by atoms with Gasteiger partial charge in [0.1, 0.15) is 11.0 Å². The number of para-hydroxylation sites is 1. The Morgan fingerprint density at radius 1 is 1.00 bits per heavy atom. The number of benzene rings is 3. The Morgan fingerprint density at radius 3 is 2.33 bits per heavy atom. The molecule has 1 heterocycles. The normalized spacial score (nSPS) is 22.8. The van der Waals surface area contributed by atoms with Gasteiger partial charge in [0, 0.05) is 14.9 Å². The topological polar surface area (TPSA) is 66.8 Å². The van der Waals surface area contributed by atoms with Gasteiger partial charge in [-0.2, -0.15) is 0 Å². The minimum atomic E-state index is -1.35. The Morgan fingerprint density at radius 2 is 1.64 bits per heavy atom. The number of carbonyl (C=O) groups is 2. The van der Waals surface area contributed by atoms with Gasteiger partial charge in [-0.05, 0) is 93.1 Å². The summed E-state index contributed by atoms with van der Waals surface area (Å²) in [5.74, 6) is -1.13. The number of ether oxygens (including phenoxy) is 1. The maximum Gasteiger partial charge on any atom is 0.421 e. The number of fused-ring (bicyclic) bond motifs is 2. The Labute approximate surface area is 227 Å². The quantitative estimate of drug-likeness (QED) is 0.334. The minimum absolute atomic E-state index is 0.447. The highest BCUT2D eigenvalue weighted by atomic mass is 79.9. The van der Waals surface area contributed by atoms with Crippen LogP contribution < -0.4 is 4.90 Å². The zero-order valence-corrected chi connectivity index (χ0v) is 23.2. The highest BCUT2D eigenvalue weighted by Gasteiger charge is 2.60. The lowest BCUT2D eigenvalue weighted by molar-refractivity contribution is -0.124. The van der Waals surface area contributed by atoms with Gasteiger partial charge in [0.25, 0.3) is 5.91 Å². The average Bonchev–Trinajstić information content (AvgIpc) is 3.09. The molecular formula is C29H25Br2NO4. The average molecular weight is 611 g/mol. The molecule has 0 radical (unpaired) electrons. The second kappa shape index (κ2) is 8.98. The molecule has 36 heavy (non-hydrogen) atoms. The fraction of sp³-hybridized carbons (Fsp3) is 0.241.